The van der Waals surface area contributed by atoms with E-state index in [-0.39, 0.29) is 5.91 Å². The van der Waals surface area contributed by atoms with Gasteiger partial charge in [0.15, 0.2) is 5.69 Å². The van der Waals surface area contributed by atoms with E-state index in [1.807, 2.05) is 24.3 Å². The SMILES string of the molecule is Cn1cc(Br)c(C(=O)Nc2ccc(Br)c3cccnc23)n1. The quantitative estimate of drug-likeness (QED) is 0.701. The molecule has 2 aromatic heterocycles. The highest BCUT2D eigenvalue weighted by molar-refractivity contribution is 9.11. The molecule has 0 atom stereocenters. The van der Waals surface area contributed by atoms with Crippen LogP contribution in [0.4, 0.5) is 5.69 Å². The van der Waals surface area contributed by atoms with Crippen LogP contribution < -0.4 is 5.32 Å². The van der Waals surface area contributed by atoms with Crippen molar-refractivity contribution in [2.75, 3.05) is 5.32 Å². The highest BCUT2D eigenvalue weighted by Gasteiger charge is 2.16. The third-order valence-corrected chi connectivity index (χ3v) is 4.24. The first kappa shape index (κ1) is 14.2. The zero-order chi connectivity index (χ0) is 15.0. The van der Waals surface area contributed by atoms with Crippen LogP contribution in [0.3, 0.4) is 0 Å². The summed E-state index contributed by atoms with van der Waals surface area (Å²) in [6, 6.07) is 7.49. The molecule has 2 heterocycles. The third-order valence-electron chi connectivity index (χ3n) is 2.96. The third kappa shape index (κ3) is 2.71. The van der Waals surface area contributed by atoms with E-state index in [0.717, 1.165) is 15.4 Å². The van der Waals surface area contributed by atoms with Gasteiger partial charge in [0, 0.05) is 29.3 Å². The molecule has 0 unspecified atom stereocenters. The Kier molecular flexibility index (Phi) is 3.77. The molecule has 0 saturated heterocycles. The molecule has 0 fully saturated rings. The van der Waals surface area contributed by atoms with Gasteiger partial charge in [-0.25, -0.2) is 0 Å². The number of fused-ring (bicyclic) bond motifs is 1. The Bertz CT molecular complexity index is 844. The van der Waals surface area contributed by atoms with E-state index in [1.54, 1.807) is 24.1 Å². The monoisotopic (exact) mass is 408 g/mol. The van der Waals surface area contributed by atoms with Gasteiger partial charge in [-0.15, -0.1) is 0 Å². The molecular formula is C14H10Br2N4O. The lowest BCUT2D eigenvalue weighted by Crippen LogP contribution is -2.14. The Balaban J connectivity index is 2.01. The van der Waals surface area contributed by atoms with Crippen molar-refractivity contribution in [3.8, 4) is 0 Å². The maximum Gasteiger partial charge on any atom is 0.277 e. The molecule has 0 saturated carbocycles. The summed E-state index contributed by atoms with van der Waals surface area (Å²) in [5.41, 5.74) is 1.72. The zero-order valence-corrected chi connectivity index (χ0v) is 14.1. The number of carbonyl (C=O) groups excluding carboxylic acids is 1. The average Bonchev–Trinajstić information content (AvgIpc) is 2.81. The lowest BCUT2D eigenvalue weighted by Gasteiger charge is -2.08. The number of pyridine rings is 1. The minimum absolute atomic E-state index is 0.281. The lowest BCUT2D eigenvalue weighted by molar-refractivity contribution is 0.102. The van der Waals surface area contributed by atoms with Gasteiger partial charge in [0.05, 0.1) is 15.7 Å². The molecule has 1 aromatic carbocycles. The number of hydrogen-bond donors (Lipinski definition) is 1. The Labute approximate surface area is 137 Å². The molecule has 3 aromatic rings. The standard InChI is InChI=1S/C14H10Br2N4O/c1-20-7-10(16)13(19-20)14(21)18-11-5-4-9(15)8-3-2-6-17-12(8)11/h2-7H,1H3,(H,18,21). The van der Waals surface area contributed by atoms with E-state index in [0.29, 0.717) is 15.9 Å². The Morgan fingerprint density at radius 3 is 2.76 bits per heavy atom. The van der Waals surface area contributed by atoms with Gasteiger partial charge in [-0.1, -0.05) is 22.0 Å². The molecule has 7 heteroatoms. The van der Waals surface area contributed by atoms with E-state index in [9.17, 15) is 4.79 Å². The number of nitrogens with zero attached hydrogens (tertiary/aromatic N) is 3. The molecule has 0 radical (unpaired) electrons. The highest BCUT2D eigenvalue weighted by atomic mass is 79.9. The highest BCUT2D eigenvalue weighted by Crippen LogP contribution is 2.28. The van der Waals surface area contributed by atoms with Crippen LogP contribution in [0.1, 0.15) is 10.5 Å². The fraction of sp³-hybridized carbons (Fsp3) is 0.0714. The van der Waals surface area contributed by atoms with Gasteiger partial charge in [0.2, 0.25) is 0 Å². The van der Waals surface area contributed by atoms with Crippen LogP contribution in [0.2, 0.25) is 0 Å². The Hall–Kier alpha value is -1.73. The molecule has 0 spiro atoms. The van der Waals surface area contributed by atoms with Gasteiger partial charge in [0.25, 0.3) is 5.91 Å². The van der Waals surface area contributed by atoms with Crippen molar-refractivity contribution >= 4 is 54.4 Å². The number of carbonyl (C=O) groups is 1. The molecule has 0 bridgehead atoms. The molecule has 5 nitrogen and oxygen atoms in total. The topological polar surface area (TPSA) is 59.8 Å². The summed E-state index contributed by atoms with van der Waals surface area (Å²) in [5.74, 6) is -0.281. The number of hydrogen-bond acceptors (Lipinski definition) is 3. The van der Waals surface area contributed by atoms with E-state index in [4.69, 9.17) is 0 Å². The molecule has 0 aliphatic heterocycles. The average molecular weight is 410 g/mol. The van der Waals surface area contributed by atoms with Crippen molar-refractivity contribution < 1.29 is 4.79 Å². The van der Waals surface area contributed by atoms with Crippen LogP contribution in [-0.4, -0.2) is 20.7 Å². The molecule has 21 heavy (non-hydrogen) atoms. The van der Waals surface area contributed by atoms with Crippen LogP contribution in [0, 0.1) is 0 Å². The van der Waals surface area contributed by atoms with E-state index < -0.39 is 0 Å². The van der Waals surface area contributed by atoms with Crippen molar-refractivity contribution in [2.45, 2.75) is 0 Å². The minimum Gasteiger partial charge on any atom is -0.319 e. The summed E-state index contributed by atoms with van der Waals surface area (Å²) in [6.45, 7) is 0. The predicted octanol–water partition coefficient (Wildman–Crippen LogP) is 3.75. The molecule has 106 valence electrons. The largest absolute Gasteiger partial charge is 0.319 e. The fourth-order valence-electron chi connectivity index (χ4n) is 2.03. The summed E-state index contributed by atoms with van der Waals surface area (Å²) in [6.07, 6.45) is 3.42. The maximum atomic E-state index is 12.3. The van der Waals surface area contributed by atoms with Crippen molar-refractivity contribution in [2.24, 2.45) is 7.05 Å². The number of halogens is 2. The number of rotatable bonds is 2. The first-order valence-electron chi connectivity index (χ1n) is 6.10. The summed E-state index contributed by atoms with van der Waals surface area (Å²) in [5, 5.41) is 7.93. The van der Waals surface area contributed by atoms with Gasteiger partial charge in [0.1, 0.15) is 0 Å². The van der Waals surface area contributed by atoms with Gasteiger partial charge >= 0.3 is 0 Å². The minimum atomic E-state index is -0.281. The molecule has 0 aliphatic rings. The maximum absolute atomic E-state index is 12.3. The van der Waals surface area contributed by atoms with Gasteiger partial charge in [-0.2, -0.15) is 5.10 Å². The van der Waals surface area contributed by atoms with Crippen LogP contribution in [-0.2, 0) is 7.05 Å². The summed E-state index contributed by atoms with van der Waals surface area (Å²) < 4.78 is 3.16. The second kappa shape index (κ2) is 5.57. The molecule has 0 aliphatic carbocycles. The zero-order valence-electron chi connectivity index (χ0n) is 11.0. The second-order valence-electron chi connectivity index (χ2n) is 4.45. The van der Waals surface area contributed by atoms with E-state index in [2.05, 4.69) is 47.3 Å². The Morgan fingerprint density at radius 2 is 2.05 bits per heavy atom. The smallest absolute Gasteiger partial charge is 0.277 e. The number of nitrogens with one attached hydrogen (secondary N) is 1. The first-order chi connectivity index (χ1) is 10.1. The number of aryl methyl sites for hydroxylation is 1. The summed E-state index contributed by atoms with van der Waals surface area (Å²) >= 11 is 6.81. The molecule has 1 N–H and O–H groups in total. The van der Waals surface area contributed by atoms with E-state index >= 15 is 0 Å². The lowest BCUT2D eigenvalue weighted by atomic mass is 10.2. The van der Waals surface area contributed by atoms with Crippen LogP contribution >= 0.6 is 31.9 Å². The Morgan fingerprint density at radius 1 is 1.24 bits per heavy atom. The molecular weight excluding hydrogens is 400 g/mol. The second-order valence-corrected chi connectivity index (χ2v) is 6.16. The van der Waals surface area contributed by atoms with Gasteiger partial charge < -0.3 is 5.32 Å². The number of aromatic nitrogens is 3. The molecule has 1 amide bonds. The van der Waals surface area contributed by atoms with Crippen molar-refractivity contribution in [3.63, 3.8) is 0 Å². The summed E-state index contributed by atoms with van der Waals surface area (Å²) in [7, 11) is 1.76. The van der Waals surface area contributed by atoms with Crippen LogP contribution in [0.25, 0.3) is 10.9 Å². The van der Waals surface area contributed by atoms with Crippen molar-refractivity contribution in [1.29, 1.82) is 0 Å². The number of benzene rings is 1. The molecule has 3 rings (SSSR count). The van der Waals surface area contributed by atoms with Crippen LogP contribution in [0.15, 0.2) is 45.6 Å². The fourth-order valence-corrected chi connectivity index (χ4v) is 3.04. The predicted molar refractivity (Wildman–Crippen MR) is 88.3 cm³/mol. The normalized spacial score (nSPS) is 10.8. The number of amides is 1. The van der Waals surface area contributed by atoms with Crippen molar-refractivity contribution in [3.05, 3.63) is 51.3 Å². The number of anilines is 1. The van der Waals surface area contributed by atoms with Crippen LogP contribution in [0.5, 0.6) is 0 Å². The van der Waals surface area contributed by atoms with Gasteiger partial charge in [-0.3, -0.25) is 14.5 Å². The van der Waals surface area contributed by atoms with E-state index in [1.165, 1.54) is 0 Å². The first-order valence-corrected chi connectivity index (χ1v) is 7.68. The van der Waals surface area contributed by atoms with Gasteiger partial charge in [-0.05, 0) is 34.1 Å². The van der Waals surface area contributed by atoms with Crippen molar-refractivity contribution in [1.82, 2.24) is 14.8 Å². The summed E-state index contributed by atoms with van der Waals surface area (Å²) in [4.78, 5) is 16.7.